The van der Waals surface area contributed by atoms with Crippen molar-refractivity contribution in [3.63, 3.8) is 0 Å². The zero-order valence-corrected chi connectivity index (χ0v) is 13.1. The third-order valence-electron chi connectivity index (χ3n) is 3.06. The normalized spacial score (nSPS) is 21.4. The summed E-state index contributed by atoms with van der Waals surface area (Å²) in [4.78, 5) is 11.6. The average Bonchev–Trinajstić information content (AvgIpc) is 2.86. The van der Waals surface area contributed by atoms with E-state index in [1.165, 1.54) is 15.6 Å². The lowest BCUT2D eigenvalue weighted by Crippen LogP contribution is -2.45. The van der Waals surface area contributed by atoms with Gasteiger partial charge in [-0.2, -0.15) is 4.31 Å². The molecule has 1 N–H and O–H groups in total. The number of nitrogens with zero attached hydrogens (tertiary/aromatic N) is 1. The monoisotopic (exact) mass is 318 g/mol. The molecule has 1 atom stereocenters. The average molecular weight is 318 g/mol. The van der Waals surface area contributed by atoms with Crippen molar-refractivity contribution in [2.24, 2.45) is 0 Å². The first-order valence-corrected chi connectivity index (χ1v) is 8.79. The smallest absolute Gasteiger partial charge is 0.321 e. The molecular weight excluding hydrogens is 300 g/mol. The van der Waals surface area contributed by atoms with E-state index >= 15 is 0 Å². The third-order valence-corrected chi connectivity index (χ3v) is 6.36. The molecule has 1 aliphatic rings. The summed E-state index contributed by atoms with van der Waals surface area (Å²) in [7, 11) is -3.59. The minimum Gasteiger partial charge on any atom is -0.465 e. The van der Waals surface area contributed by atoms with Crippen LogP contribution in [0, 0.1) is 0 Å². The predicted molar refractivity (Wildman–Crippen MR) is 76.1 cm³/mol. The second-order valence-corrected chi connectivity index (χ2v) is 7.43. The van der Waals surface area contributed by atoms with Crippen molar-refractivity contribution in [1.29, 1.82) is 0 Å². The van der Waals surface area contributed by atoms with Crippen LogP contribution in [0.5, 0.6) is 0 Å². The van der Waals surface area contributed by atoms with E-state index in [0.717, 1.165) is 12.1 Å². The third kappa shape index (κ3) is 2.88. The highest BCUT2D eigenvalue weighted by molar-refractivity contribution is 7.91. The van der Waals surface area contributed by atoms with E-state index in [-0.39, 0.29) is 25.7 Å². The molecule has 1 unspecified atom stereocenters. The number of thiophene rings is 1. The molecule has 0 saturated carbocycles. The van der Waals surface area contributed by atoms with Crippen LogP contribution in [0.4, 0.5) is 0 Å². The van der Waals surface area contributed by atoms with E-state index in [2.05, 4.69) is 5.32 Å². The molecule has 0 aromatic carbocycles. The van der Waals surface area contributed by atoms with Gasteiger partial charge >= 0.3 is 5.97 Å². The summed E-state index contributed by atoms with van der Waals surface area (Å²) in [6.07, 6.45) is 0. The topological polar surface area (TPSA) is 75.7 Å². The molecular formula is C12H18N2O4S2. The van der Waals surface area contributed by atoms with E-state index in [9.17, 15) is 13.2 Å². The van der Waals surface area contributed by atoms with Crippen molar-refractivity contribution >= 4 is 27.3 Å². The summed E-state index contributed by atoms with van der Waals surface area (Å²) >= 11 is 1.18. The highest BCUT2D eigenvalue weighted by Gasteiger charge is 2.38. The number of carbonyl (C=O) groups excluding carboxylic acids is 1. The van der Waals surface area contributed by atoms with Crippen LogP contribution in [0.3, 0.4) is 0 Å². The molecule has 6 nitrogen and oxygen atoms in total. The van der Waals surface area contributed by atoms with Gasteiger partial charge in [-0.3, -0.25) is 4.79 Å². The van der Waals surface area contributed by atoms with Gasteiger partial charge in [-0.05, 0) is 24.9 Å². The van der Waals surface area contributed by atoms with Gasteiger partial charge in [0.1, 0.15) is 10.8 Å². The van der Waals surface area contributed by atoms with Crippen LogP contribution in [0.15, 0.2) is 15.7 Å². The van der Waals surface area contributed by atoms with Crippen LogP contribution in [-0.4, -0.2) is 44.9 Å². The Hall–Kier alpha value is -0.960. The molecule has 0 saturated heterocycles. The Morgan fingerprint density at radius 1 is 1.55 bits per heavy atom. The number of nitrogens with one attached hydrogen (secondary N) is 1. The molecule has 0 fully saturated rings. The second kappa shape index (κ2) is 6.21. The van der Waals surface area contributed by atoms with Gasteiger partial charge in [0.15, 0.2) is 0 Å². The lowest BCUT2D eigenvalue weighted by atomic mass is 10.1. The van der Waals surface area contributed by atoms with Gasteiger partial charge in [0, 0.05) is 18.2 Å². The van der Waals surface area contributed by atoms with Crippen LogP contribution < -0.4 is 5.32 Å². The molecule has 2 rings (SSSR count). The fraction of sp³-hybridized carbons (Fsp3) is 0.583. The fourth-order valence-corrected chi connectivity index (χ4v) is 5.23. The number of ether oxygens (including phenoxy) is 1. The van der Waals surface area contributed by atoms with E-state index < -0.39 is 16.0 Å². The number of rotatable bonds is 5. The van der Waals surface area contributed by atoms with Gasteiger partial charge < -0.3 is 10.1 Å². The van der Waals surface area contributed by atoms with E-state index in [1.807, 2.05) is 13.0 Å². The Labute approximate surface area is 122 Å². The van der Waals surface area contributed by atoms with Crippen LogP contribution in [0.2, 0.25) is 0 Å². The van der Waals surface area contributed by atoms with Crippen molar-refractivity contribution in [2.45, 2.75) is 24.1 Å². The molecule has 1 aromatic heterocycles. The quantitative estimate of drug-likeness (QED) is 0.819. The number of likely N-dealkylation sites (N-methyl/N-ethyl adjacent to an activating group) is 1. The van der Waals surface area contributed by atoms with Crippen molar-refractivity contribution < 1.29 is 17.9 Å². The molecule has 1 aliphatic heterocycles. The van der Waals surface area contributed by atoms with Crippen molar-refractivity contribution in [3.05, 3.63) is 17.0 Å². The van der Waals surface area contributed by atoms with Crippen molar-refractivity contribution in [1.82, 2.24) is 9.62 Å². The van der Waals surface area contributed by atoms with Gasteiger partial charge in [0.25, 0.3) is 10.0 Å². The Bertz CT molecular complexity index is 582. The maximum absolute atomic E-state index is 12.5. The van der Waals surface area contributed by atoms with Crippen LogP contribution >= 0.6 is 11.3 Å². The zero-order chi connectivity index (χ0) is 14.8. The molecule has 1 aromatic rings. The number of esters is 1. The lowest BCUT2D eigenvalue weighted by Gasteiger charge is -2.31. The number of hydrogen-bond donors (Lipinski definition) is 1. The molecule has 0 spiro atoms. The Morgan fingerprint density at radius 3 is 2.95 bits per heavy atom. The first kappa shape index (κ1) is 15.4. The molecule has 112 valence electrons. The van der Waals surface area contributed by atoms with Gasteiger partial charge in [-0.1, -0.05) is 6.92 Å². The lowest BCUT2D eigenvalue weighted by molar-refractivity contribution is -0.143. The first-order valence-electron chi connectivity index (χ1n) is 6.47. The summed E-state index contributed by atoms with van der Waals surface area (Å²) in [5.41, 5.74) is 0.789. The van der Waals surface area contributed by atoms with Crippen LogP contribution in [0.25, 0.3) is 0 Å². The van der Waals surface area contributed by atoms with Gasteiger partial charge in [-0.15, -0.1) is 11.3 Å². The molecule has 0 radical (unpaired) electrons. The Balaban J connectivity index is 2.29. The van der Waals surface area contributed by atoms with E-state index in [1.54, 1.807) is 12.3 Å². The number of hydrogen-bond acceptors (Lipinski definition) is 6. The summed E-state index contributed by atoms with van der Waals surface area (Å²) < 4.78 is 31.3. The summed E-state index contributed by atoms with van der Waals surface area (Å²) in [5.74, 6) is -0.522. The maximum Gasteiger partial charge on any atom is 0.321 e. The number of carbonyl (C=O) groups is 1. The predicted octanol–water partition coefficient (Wildman–Crippen LogP) is 0.966. The minimum atomic E-state index is -3.59. The summed E-state index contributed by atoms with van der Waals surface area (Å²) in [5, 5.41) is 5.01. The molecule has 2 heterocycles. The molecule has 0 aliphatic carbocycles. The van der Waals surface area contributed by atoms with Gasteiger partial charge in [-0.25, -0.2) is 8.42 Å². The summed E-state index contributed by atoms with van der Waals surface area (Å²) in [6.45, 7) is 4.64. The SMILES string of the molecule is CCNC1CN(CC(=O)OCC)S(=O)(=O)c2sccc21. The van der Waals surface area contributed by atoms with Gasteiger partial charge in [0.2, 0.25) is 0 Å². The highest BCUT2D eigenvalue weighted by atomic mass is 32.2. The number of fused-ring (bicyclic) bond motifs is 1. The maximum atomic E-state index is 12.5. The largest absolute Gasteiger partial charge is 0.465 e. The van der Waals surface area contributed by atoms with Crippen molar-refractivity contribution in [3.8, 4) is 0 Å². The Kier molecular flexibility index (Phi) is 4.79. The Morgan fingerprint density at radius 2 is 2.30 bits per heavy atom. The standard InChI is InChI=1S/C12H18N2O4S2/c1-3-13-10-7-14(8-11(15)18-4-2)20(16,17)12-9(10)5-6-19-12/h5-6,10,13H,3-4,7-8H2,1-2H3. The highest BCUT2D eigenvalue weighted by Crippen LogP contribution is 2.35. The summed E-state index contributed by atoms with van der Waals surface area (Å²) in [6, 6.07) is 1.74. The van der Waals surface area contributed by atoms with Crippen LogP contribution in [-0.2, 0) is 19.6 Å². The van der Waals surface area contributed by atoms with E-state index in [4.69, 9.17) is 4.74 Å². The second-order valence-electron chi connectivity index (χ2n) is 4.38. The van der Waals surface area contributed by atoms with Gasteiger partial charge in [0.05, 0.1) is 6.61 Å². The molecule has 0 amide bonds. The molecule has 20 heavy (non-hydrogen) atoms. The fourth-order valence-electron chi connectivity index (χ4n) is 2.21. The first-order chi connectivity index (χ1) is 9.50. The minimum absolute atomic E-state index is 0.0841. The number of sulfonamides is 1. The van der Waals surface area contributed by atoms with Crippen molar-refractivity contribution in [2.75, 3.05) is 26.2 Å². The molecule has 8 heteroatoms. The van der Waals surface area contributed by atoms with Crippen LogP contribution in [0.1, 0.15) is 25.5 Å². The zero-order valence-electron chi connectivity index (χ0n) is 11.5. The molecule has 0 bridgehead atoms. The van der Waals surface area contributed by atoms with E-state index in [0.29, 0.717) is 4.21 Å².